The van der Waals surface area contributed by atoms with Crippen LogP contribution >= 0.6 is 11.5 Å². The van der Waals surface area contributed by atoms with Crippen molar-refractivity contribution in [2.24, 2.45) is 5.92 Å². The van der Waals surface area contributed by atoms with E-state index in [1.807, 2.05) is 11.9 Å². The summed E-state index contributed by atoms with van der Waals surface area (Å²) in [5.41, 5.74) is 1.93. The van der Waals surface area contributed by atoms with Gasteiger partial charge in [0, 0.05) is 55.9 Å². The summed E-state index contributed by atoms with van der Waals surface area (Å²) in [4.78, 5) is 22.9. The van der Waals surface area contributed by atoms with Crippen LogP contribution in [0.25, 0.3) is 10.1 Å². The van der Waals surface area contributed by atoms with Crippen LogP contribution < -0.4 is 4.90 Å². The molecule has 6 fully saturated rings. The zero-order chi connectivity index (χ0) is 20.4. The van der Waals surface area contributed by atoms with Crippen molar-refractivity contribution < 1.29 is 4.79 Å². The molecule has 1 aromatic heterocycles. The Morgan fingerprint density at radius 3 is 2.57 bits per heavy atom. The lowest BCUT2D eigenvalue weighted by atomic mass is 9.83. The molecule has 6 aliphatic heterocycles. The molecule has 7 heteroatoms. The number of benzene rings is 1. The summed E-state index contributed by atoms with van der Waals surface area (Å²) in [7, 11) is 4.24. The van der Waals surface area contributed by atoms with Gasteiger partial charge in [-0.05, 0) is 81.5 Å². The summed E-state index contributed by atoms with van der Waals surface area (Å²) < 4.78 is 5.76. The van der Waals surface area contributed by atoms with Gasteiger partial charge in [-0.1, -0.05) is 0 Å². The predicted molar refractivity (Wildman–Crippen MR) is 121 cm³/mol. The third-order valence-corrected chi connectivity index (χ3v) is 9.04. The number of carbonyl (C=O) groups excluding carboxylic acids is 1. The third-order valence-electron chi connectivity index (χ3n) is 8.23. The highest BCUT2D eigenvalue weighted by Crippen LogP contribution is 2.36. The monoisotopic (exact) mass is 425 g/mol. The Morgan fingerprint density at radius 1 is 1.10 bits per heavy atom. The van der Waals surface area contributed by atoms with Crippen LogP contribution in [0.1, 0.15) is 36.2 Å². The highest BCUT2D eigenvalue weighted by Gasteiger charge is 2.39. The van der Waals surface area contributed by atoms with E-state index in [4.69, 9.17) is 0 Å². The first-order valence-corrected chi connectivity index (χ1v) is 12.2. The number of aromatic nitrogens is 1. The van der Waals surface area contributed by atoms with Crippen molar-refractivity contribution in [2.75, 3.05) is 51.7 Å². The minimum atomic E-state index is 0.0893. The second-order valence-electron chi connectivity index (χ2n) is 9.81. The summed E-state index contributed by atoms with van der Waals surface area (Å²) in [5.74, 6) is 0.736. The fraction of sp³-hybridized carbons (Fsp3) is 0.652. The average Bonchev–Trinajstić information content (AvgIpc) is 3.22. The van der Waals surface area contributed by atoms with Gasteiger partial charge in [0.2, 0.25) is 0 Å². The molecular weight excluding hydrogens is 394 g/mol. The molecular formula is C23H31N5OS. The number of amides is 1. The number of rotatable bonds is 3. The first-order valence-electron chi connectivity index (χ1n) is 11.4. The lowest BCUT2D eigenvalue weighted by Crippen LogP contribution is -2.61. The Morgan fingerprint density at radius 2 is 1.90 bits per heavy atom. The van der Waals surface area contributed by atoms with Crippen LogP contribution in [0, 0.1) is 5.92 Å². The number of piperazine rings is 1. The smallest absolute Gasteiger partial charge is 0.274 e. The van der Waals surface area contributed by atoms with Crippen molar-refractivity contribution in [3.05, 3.63) is 23.9 Å². The zero-order valence-electron chi connectivity index (χ0n) is 18.0. The van der Waals surface area contributed by atoms with Crippen molar-refractivity contribution in [1.82, 2.24) is 19.1 Å². The topological polar surface area (TPSA) is 42.9 Å². The van der Waals surface area contributed by atoms with Crippen LogP contribution in [-0.2, 0) is 0 Å². The number of piperidine rings is 5. The molecule has 3 atom stereocenters. The Balaban J connectivity index is 1.25. The summed E-state index contributed by atoms with van der Waals surface area (Å²) in [5, 5.41) is 1.01. The molecule has 0 N–H and O–H groups in total. The first kappa shape index (κ1) is 19.0. The van der Waals surface area contributed by atoms with Gasteiger partial charge in [0.15, 0.2) is 0 Å². The van der Waals surface area contributed by atoms with Gasteiger partial charge in [0.1, 0.15) is 5.69 Å². The van der Waals surface area contributed by atoms with Crippen molar-refractivity contribution in [1.29, 1.82) is 0 Å². The Labute approximate surface area is 182 Å². The summed E-state index contributed by atoms with van der Waals surface area (Å²) in [6.07, 6.45) is 5.03. The van der Waals surface area contributed by atoms with Crippen molar-refractivity contribution in [3.8, 4) is 0 Å². The van der Waals surface area contributed by atoms with Gasteiger partial charge in [-0.3, -0.25) is 9.69 Å². The predicted octanol–water partition coefficient (Wildman–Crippen LogP) is 2.75. The van der Waals surface area contributed by atoms with Crippen molar-refractivity contribution in [3.63, 3.8) is 0 Å². The van der Waals surface area contributed by atoms with Gasteiger partial charge >= 0.3 is 0 Å². The van der Waals surface area contributed by atoms with Gasteiger partial charge < -0.3 is 14.7 Å². The fourth-order valence-electron chi connectivity index (χ4n) is 6.30. The van der Waals surface area contributed by atoms with E-state index in [0.717, 1.165) is 29.7 Å². The molecule has 8 rings (SSSR count). The average molecular weight is 426 g/mol. The normalized spacial score (nSPS) is 33.4. The lowest BCUT2D eigenvalue weighted by molar-refractivity contribution is 0.0161. The maximum atomic E-state index is 13.4. The maximum absolute atomic E-state index is 13.4. The molecule has 6 aliphatic rings. The van der Waals surface area contributed by atoms with Crippen LogP contribution in [0.15, 0.2) is 18.2 Å². The third kappa shape index (κ3) is 2.97. The fourth-order valence-corrected chi connectivity index (χ4v) is 7.11. The lowest BCUT2D eigenvalue weighted by Gasteiger charge is -2.51. The molecule has 0 radical (unpaired) electrons. The van der Waals surface area contributed by atoms with E-state index in [0.29, 0.717) is 29.7 Å². The molecule has 2 aromatic rings. The maximum Gasteiger partial charge on any atom is 0.274 e. The van der Waals surface area contributed by atoms with Crippen LogP contribution in [0.4, 0.5) is 5.69 Å². The van der Waals surface area contributed by atoms with Gasteiger partial charge in [0.25, 0.3) is 5.91 Å². The van der Waals surface area contributed by atoms with Crippen LogP contribution in [0.2, 0.25) is 0 Å². The number of anilines is 1. The highest BCUT2D eigenvalue weighted by molar-refractivity contribution is 7.13. The molecule has 4 bridgehead atoms. The number of hydrogen-bond acceptors (Lipinski definition) is 6. The standard InChI is InChI=1S/C23H31N5OS/c1-25-12-18-4-3-17(25)13-28(18)16-5-6-19-21(11-16)30-24-22(19)23(29)26(2)20-14-27-9-7-15(20)8-10-27/h5-6,11,15,17-18,20H,3-4,7-10,12-14H2,1-2H3/t17-,18-,20+/m0/s1. The largest absolute Gasteiger partial charge is 0.366 e. The zero-order valence-corrected chi connectivity index (χ0v) is 18.8. The van der Waals surface area contributed by atoms with Crippen LogP contribution in [0.3, 0.4) is 0 Å². The molecule has 0 spiro atoms. The number of likely N-dealkylation sites (N-methyl/N-ethyl adjacent to an activating group) is 2. The Kier molecular flexibility index (Phi) is 4.55. The summed E-state index contributed by atoms with van der Waals surface area (Å²) in [6, 6.07) is 8.21. The van der Waals surface area contributed by atoms with E-state index in [1.165, 1.54) is 56.0 Å². The van der Waals surface area contributed by atoms with Gasteiger partial charge in [0.05, 0.1) is 4.70 Å². The SMILES string of the molecule is CN1C[C@@H]2CC[C@H]1CN2c1ccc2c(C(=O)N(C)[C@@H]3CN4CCC3CC4)nsc2c1. The molecule has 6 nitrogen and oxygen atoms in total. The number of fused-ring (bicyclic) bond motifs is 7. The molecule has 1 amide bonds. The molecule has 1 aromatic carbocycles. The molecule has 30 heavy (non-hydrogen) atoms. The van der Waals surface area contributed by atoms with E-state index in [2.05, 4.69) is 44.3 Å². The van der Waals surface area contributed by atoms with Gasteiger partial charge in [-0.2, -0.15) is 4.37 Å². The number of hydrogen-bond donors (Lipinski definition) is 0. The van der Waals surface area contributed by atoms with Crippen LogP contribution in [0.5, 0.6) is 0 Å². The van der Waals surface area contributed by atoms with E-state index in [9.17, 15) is 4.79 Å². The minimum Gasteiger partial charge on any atom is -0.366 e. The Bertz CT molecular complexity index is 968. The van der Waals surface area contributed by atoms with Gasteiger partial charge in [-0.25, -0.2) is 0 Å². The molecule has 0 unspecified atom stereocenters. The molecule has 0 aliphatic carbocycles. The molecule has 7 heterocycles. The van der Waals surface area contributed by atoms with E-state index < -0.39 is 0 Å². The number of nitrogens with zero attached hydrogens (tertiary/aromatic N) is 5. The molecule has 160 valence electrons. The van der Waals surface area contributed by atoms with Crippen molar-refractivity contribution in [2.45, 2.75) is 43.8 Å². The van der Waals surface area contributed by atoms with Crippen molar-refractivity contribution >= 4 is 33.2 Å². The second kappa shape index (κ2) is 7.18. The van der Waals surface area contributed by atoms with Gasteiger partial charge in [-0.15, -0.1) is 0 Å². The highest BCUT2D eigenvalue weighted by atomic mass is 32.1. The van der Waals surface area contributed by atoms with Crippen LogP contribution in [-0.4, -0.2) is 89.9 Å². The minimum absolute atomic E-state index is 0.0893. The van der Waals surface area contributed by atoms with E-state index >= 15 is 0 Å². The quantitative estimate of drug-likeness (QED) is 0.757. The number of carbonyl (C=O) groups is 1. The van der Waals surface area contributed by atoms with E-state index in [-0.39, 0.29) is 5.91 Å². The second-order valence-corrected chi connectivity index (χ2v) is 10.6. The summed E-state index contributed by atoms with van der Waals surface area (Å²) >= 11 is 1.48. The summed E-state index contributed by atoms with van der Waals surface area (Å²) in [6.45, 7) is 5.67. The Hall–Kier alpha value is -1.70. The molecule has 6 saturated heterocycles. The molecule has 0 saturated carbocycles. The van der Waals surface area contributed by atoms with E-state index in [1.54, 1.807) is 0 Å². The first-order chi connectivity index (χ1) is 14.6.